The molecule has 0 radical (unpaired) electrons. The van der Waals surface area contributed by atoms with Crippen LogP contribution in [0.3, 0.4) is 0 Å². The molecule has 10 atom stereocenters. The monoisotopic (exact) mass is 645 g/mol. The number of hydrogen-bond acceptors (Lipinski definition) is 10. The molecule has 12 heteroatoms. The minimum Gasteiger partial charge on any atom is -0.504 e. The molecular formula is C33H40ClNO10. The van der Waals surface area contributed by atoms with Crippen LogP contribution in [0.2, 0.25) is 5.02 Å². The minimum absolute atomic E-state index is 0.00702. The average Bonchev–Trinajstić information content (AvgIpc) is 3.62. The Morgan fingerprint density at radius 3 is 2.33 bits per heavy atom. The van der Waals surface area contributed by atoms with Gasteiger partial charge in [-0.3, -0.25) is 4.79 Å². The van der Waals surface area contributed by atoms with Crippen LogP contribution >= 0.6 is 11.6 Å². The number of nitrogens with one attached hydrogen (secondary N) is 1. The van der Waals surface area contributed by atoms with E-state index in [-0.39, 0.29) is 35.5 Å². The van der Waals surface area contributed by atoms with Gasteiger partial charge < -0.3 is 50.2 Å². The summed E-state index contributed by atoms with van der Waals surface area (Å²) >= 11 is 5.89. The quantitative estimate of drug-likeness (QED) is 0.158. The van der Waals surface area contributed by atoms with E-state index in [2.05, 4.69) is 5.32 Å². The lowest BCUT2D eigenvalue weighted by molar-refractivity contribution is -0.139. The summed E-state index contributed by atoms with van der Waals surface area (Å²) in [5, 5.41) is 66.9. The molecule has 7 N–H and O–H groups in total. The number of amides is 1. The number of hydrogen-bond donors (Lipinski definition) is 7. The van der Waals surface area contributed by atoms with Gasteiger partial charge in [0.15, 0.2) is 11.5 Å². The van der Waals surface area contributed by atoms with E-state index in [0.29, 0.717) is 21.9 Å². The maximum Gasteiger partial charge on any atom is 0.247 e. The number of ether oxygens (including phenoxy) is 3. The van der Waals surface area contributed by atoms with Gasteiger partial charge >= 0.3 is 0 Å². The van der Waals surface area contributed by atoms with Crippen molar-refractivity contribution >= 4 is 23.6 Å². The third-order valence-electron chi connectivity index (χ3n) is 8.99. The minimum atomic E-state index is -1.40. The molecule has 244 valence electrons. The Labute approximate surface area is 266 Å². The van der Waals surface area contributed by atoms with E-state index >= 15 is 0 Å². The molecule has 2 aromatic carbocycles. The number of halogens is 1. The second-order valence-electron chi connectivity index (χ2n) is 12.0. The standard InChI is InChI=1S/C33H40ClNO10/c1-16(12-13-43-20-9-7-19(34)8-10-20)31-29(40)30(41)33(45-31)44-24-11-6-18(15-23(24)36)14-17(2)32(42)35-25-26(37)21-4-3-5-22(21)27(38)28(25)39/h6-12,14-15,21-22,25-31,33,36-41H,3-5,13H2,1-2H3,(H,35,42)/b16-12+,17-14+/t21-,22+,25+,26+,27+,28+,29+,30+,31-,33-/m1/s1. The predicted octanol–water partition coefficient (Wildman–Crippen LogP) is 2.30. The molecule has 2 aliphatic carbocycles. The van der Waals surface area contributed by atoms with Crippen LogP contribution in [0.15, 0.2) is 59.7 Å². The number of carbonyl (C=O) groups excluding carboxylic acids is 1. The predicted molar refractivity (Wildman–Crippen MR) is 165 cm³/mol. The number of phenols is 1. The highest BCUT2D eigenvalue weighted by atomic mass is 35.5. The van der Waals surface area contributed by atoms with E-state index in [4.69, 9.17) is 25.8 Å². The normalized spacial score (nSPS) is 33.5. The summed E-state index contributed by atoms with van der Waals surface area (Å²) in [6, 6.07) is 10.2. The molecule has 5 rings (SSSR count). The first-order valence-corrected chi connectivity index (χ1v) is 15.4. The van der Waals surface area contributed by atoms with Gasteiger partial charge in [-0.2, -0.15) is 0 Å². The maximum absolute atomic E-state index is 12.9. The molecule has 3 aliphatic rings. The Kier molecular flexibility index (Phi) is 10.4. The Bertz CT molecular complexity index is 1410. The van der Waals surface area contributed by atoms with Gasteiger partial charge in [0.05, 0.1) is 18.2 Å². The lowest BCUT2D eigenvalue weighted by Crippen LogP contribution is -2.63. The molecule has 45 heavy (non-hydrogen) atoms. The molecule has 1 heterocycles. The summed E-state index contributed by atoms with van der Waals surface area (Å²) in [7, 11) is 0. The number of phenolic OH excluding ortho intramolecular Hbond substituents is 1. The van der Waals surface area contributed by atoms with E-state index in [0.717, 1.165) is 19.3 Å². The third kappa shape index (κ3) is 7.30. The highest BCUT2D eigenvalue weighted by Crippen LogP contribution is 2.43. The Morgan fingerprint density at radius 1 is 0.956 bits per heavy atom. The van der Waals surface area contributed by atoms with E-state index in [1.165, 1.54) is 18.2 Å². The van der Waals surface area contributed by atoms with Crippen molar-refractivity contribution < 1.29 is 49.6 Å². The van der Waals surface area contributed by atoms with E-state index < -0.39 is 54.9 Å². The highest BCUT2D eigenvalue weighted by molar-refractivity contribution is 6.30. The molecule has 1 amide bonds. The molecule has 0 aromatic heterocycles. The lowest BCUT2D eigenvalue weighted by atomic mass is 9.73. The van der Waals surface area contributed by atoms with Gasteiger partial charge in [0.25, 0.3) is 0 Å². The van der Waals surface area contributed by atoms with Crippen LogP contribution in [0.25, 0.3) is 6.08 Å². The fourth-order valence-electron chi connectivity index (χ4n) is 6.44. The van der Waals surface area contributed by atoms with Gasteiger partial charge in [-0.1, -0.05) is 24.1 Å². The van der Waals surface area contributed by atoms with Crippen molar-refractivity contribution in [2.24, 2.45) is 11.8 Å². The fraction of sp³-hybridized carbons (Fsp3) is 0.485. The second-order valence-corrected chi connectivity index (χ2v) is 12.5. The van der Waals surface area contributed by atoms with Gasteiger partial charge in [0.1, 0.15) is 36.8 Å². The summed E-state index contributed by atoms with van der Waals surface area (Å²) in [6.07, 6.45) is -2.56. The van der Waals surface area contributed by atoms with Crippen molar-refractivity contribution in [3.8, 4) is 17.2 Å². The van der Waals surface area contributed by atoms with Gasteiger partial charge in [0, 0.05) is 10.6 Å². The molecule has 2 saturated carbocycles. The van der Waals surface area contributed by atoms with Crippen molar-refractivity contribution in [2.45, 2.75) is 82.1 Å². The van der Waals surface area contributed by atoms with Crippen molar-refractivity contribution in [1.82, 2.24) is 5.32 Å². The van der Waals surface area contributed by atoms with Gasteiger partial charge in [-0.15, -0.1) is 0 Å². The smallest absolute Gasteiger partial charge is 0.247 e. The molecule has 11 nitrogen and oxygen atoms in total. The SMILES string of the molecule is C/C(=C\c1ccc(O[C@@H]2O[C@H](/C(C)=C/COc3ccc(Cl)cc3)[C@@H](O)[C@@H]2O)c(O)c1)C(=O)N[C@@H]1[C@H](O)[C@@H](O)[C@H]2CCC[C@H]2[C@@H]1O. The number of aliphatic hydroxyl groups is 5. The largest absolute Gasteiger partial charge is 0.504 e. The number of carbonyl (C=O) groups is 1. The molecule has 0 spiro atoms. The molecule has 0 bridgehead atoms. The van der Waals surface area contributed by atoms with Crippen LogP contribution < -0.4 is 14.8 Å². The number of aromatic hydroxyl groups is 1. The zero-order valence-corrected chi connectivity index (χ0v) is 25.7. The van der Waals surface area contributed by atoms with Crippen LogP contribution in [-0.4, -0.2) is 92.1 Å². The van der Waals surface area contributed by atoms with E-state index in [9.17, 15) is 35.4 Å². The first-order valence-electron chi connectivity index (χ1n) is 15.0. The van der Waals surface area contributed by atoms with Crippen molar-refractivity contribution in [3.63, 3.8) is 0 Å². The molecule has 2 aromatic rings. The number of rotatable bonds is 9. The van der Waals surface area contributed by atoms with Crippen molar-refractivity contribution in [1.29, 1.82) is 0 Å². The molecule has 3 fully saturated rings. The first kappa shape index (κ1) is 33.2. The molecule has 1 saturated heterocycles. The van der Waals surface area contributed by atoms with Crippen LogP contribution in [-0.2, 0) is 9.53 Å². The summed E-state index contributed by atoms with van der Waals surface area (Å²) in [4.78, 5) is 12.9. The number of fused-ring (bicyclic) bond motifs is 1. The molecular weight excluding hydrogens is 606 g/mol. The fourth-order valence-corrected chi connectivity index (χ4v) is 6.56. The summed E-state index contributed by atoms with van der Waals surface area (Å²) in [5.41, 5.74) is 1.32. The Hall–Kier alpha value is -3.16. The van der Waals surface area contributed by atoms with Crippen LogP contribution in [0.5, 0.6) is 17.2 Å². The van der Waals surface area contributed by atoms with Gasteiger partial charge in [-0.05, 0) is 98.2 Å². The summed E-state index contributed by atoms with van der Waals surface area (Å²) in [6.45, 7) is 3.47. The highest BCUT2D eigenvalue weighted by Gasteiger charge is 2.51. The van der Waals surface area contributed by atoms with Crippen LogP contribution in [0, 0.1) is 11.8 Å². The second kappa shape index (κ2) is 14.1. The van der Waals surface area contributed by atoms with E-state index in [1.54, 1.807) is 50.3 Å². The third-order valence-corrected chi connectivity index (χ3v) is 9.24. The average molecular weight is 646 g/mol. The zero-order chi connectivity index (χ0) is 32.4. The van der Waals surface area contributed by atoms with Crippen LogP contribution in [0.1, 0.15) is 38.7 Å². The summed E-state index contributed by atoms with van der Waals surface area (Å²) < 4.78 is 17.1. The Balaban J connectivity index is 1.18. The topological polar surface area (TPSA) is 178 Å². The number of aliphatic hydroxyl groups excluding tert-OH is 5. The van der Waals surface area contributed by atoms with Gasteiger partial charge in [0.2, 0.25) is 12.2 Å². The van der Waals surface area contributed by atoms with Crippen molar-refractivity contribution in [2.75, 3.05) is 6.61 Å². The van der Waals surface area contributed by atoms with Gasteiger partial charge in [-0.25, -0.2) is 0 Å². The Morgan fingerprint density at radius 2 is 1.64 bits per heavy atom. The number of benzene rings is 2. The first-order chi connectivity index (χ1) is 21.4. The van der Waals surface area contributed by atoms with Crippen LogP contribution in [0.4, 0.5) is 0 Å². The molecule has 1 aliphatic heterocycles. The van der Waals surface area contributed by atoms with E-state index in [1.807, 2.05) is 0 Å². The molecule has 0 unspecified atom stereocenters. The maximum atomic E-state index is 12.9. The summed E-state index contributed by atoms with van der Waals surface area (Å²) in [5.74, 6) is -0.586. The zero-order valence-electron chi connectivity index (χ0n) is 25.0. The lowest BCUT2D eigenvalue weighted by Gasteiger charge is -2.43. The van der Waals surface area contributed by atoms with Crippen molar-refractivity contribution in [3.05, 3.63) is 70.3 Å².